The molecule has 2 aliphatic heterocycles. The van der Waals surface area contributed by atoms with Crippen molar-refractivity contribution < 1.29 is 0 Å². The van der Waals surface area contributed by atoms with Crippen LogP contribution in [0, 0.1) is 0 Å². The summed E-state index contributed by atoms with van der Waals surface area (Å²) in [6, 6.07) is 8.53. The van der Waals surface area contributed by atoms with Crippen molar-refractivity contribution in [2.45, 2.75) is 25.9 Å². The maximum atomic E-state index is 4.97. The summed E-state index contributed by atoms with van der Waals surface area (Å²) < 4.78 is 0. The number of anilines is 1. The van der Waals surface area contributed by atoms with E-state index in [1.807, 2.05) is 0 Å². The molecule has 3 nitrogen and oxygen atoms in total. The van der Waals surface area contributed by atoms with Crippen LogP contribution < -0.4 is 4.90 Å². The molecular weight excluding hydrogens is 246 g/mol. The first-order valence-electron chi connectivity index (χ1n) is 7.27. The Labute approximate surface area is 119 Å². The van der Waals surface area contributed by atoms with Gasteiger partial charge in [0.1, 0.15) is 0 Å². The van der Waals surface area contributed by atoms with E-state index in [0.717, 1.165) is 36.5 Å². The molecule has 100 valence electrons. The third kappa shape index (κ3) is 1.59. The van der Waals surface area contributed by atoms with Crippen LogP contribution in [0.4, 0.5) is 5.69 Å². The van der Waals surface area contributed by atoms with Crippen LogP contribution in [0.1, 0.15) is 25.3 Å². The van der Waals surface area contributed by atoms with Crippen molar-refractivity contribution in [3.05, 3.63) is 53.8 Å². The van der Waals surface area contributed by atoms with Crippen molar-refractivity contribution >= 4 is 17.1 Å². The highest BCUT2D eigenvalue weighted by atomic mass is 15.3. The Bertz CT molecular complexity index is 679. The van der Waals surface area contributed by atoms with Crippen molar-refractivity contribution in [2.75, 3.05) is 11.4 Å². The number of hydrogen-bond acceptors (Lipinski definition) is 3. The van der Waals surface area contributed by atoms with Crippen LogP contribution in [-0.4, -0.2) is 24.1 Å². The Hall–Kier alpha value is -2.16. The third-order valence-electron chi connectivity index (χ3n) is 4.01. The second-order valence-corrected chi connectivity index (χ2v) is 5.34. The van der Waals surface area contributed by atoms with Gasteiger partial charge in [-0.2, -0.15) is 0 Å². The van der Waals surface area contributed by atoms with Gasteiger partial charge >= 0.3 is 0 Å². The first-order valence-corrected chi connectivity index (χ1v) is 7.27. The van der Waals surface area contributed by atoms with Crippen LogP contribution in [0.2, 0.25) is 0 Å². The van der Waals surface area contributed by atoms with Gasteiger partial charge in [0, 0.05) is 24.2 Å². The predicted molar refractivity (Wildman–Crippen MR) is 83.7 cm³/mol. The van der Waals surface area contributed by atoms with Gasteiger partial charge in [-0.1, -0.05) is 37.3 Å². The van der Waals surface area contributed by atoms with E-state index < -0.39 is 0 Å². The molecule has 0 aromatic heterocycles. The number of hydrogen-bond donors (Lipinski definition) is 0. The standard InChI is InChI=1S/C17H17N3/c1-2-11-20-15-10-6-3-7-12(15)16-17(20)19-14-9-5-4-8-13(14)18-16/h3-8,10,17H,2,9,11H2,1H3. The lowest BCUT2D eigenvalue weighted by Crippen LogP contribution is -2.37. The SMILES string of the molecule is CCCN1c2ccccc2C2=NC3=CC=CCC3=NC21. The van der Waals surface area contributed by atoms with Crippen molar-refractivity contribution in [3.63, 3.8) is 0 Å². The molecule has 3 heteroatoms. The van der Waals surface area contributed by atoms with E-state index in [1.165, 1.54) is 11.3 Å². The van der Waals surface area contributed by atoms with Crippen molar-refractivity contribution in [2.24, 2.45) is 9.98 Å². The average molecular weight is 263 g/mol. The van der Waals surface area contributed by atoms with Crippen LogP contribution in [0.3, 0.4) is 0 Å². The van der Waals surface area contributed by atoms with Crippen molar-refractivity contribution in [3.8, 4) is 0 Å². The van der Waals surface area contributed by atoms with E-state index in [1.54, 1.807) is 0 Å². The summed E-state index contributed by atoms with van der Waals surface area (Å²) in [5.74, 6) is 0. The molecule has 1 aromatic rings. The molecule has 1 aromatic carbocycles. The number of para-hydroxylation sites is 1. The van der Waals surface area contributed by atoms with Crippen molar-refractivity contribution in [1.82, 2.24) is 0 Å². The molecular formula is C17H17N3. The summed E-state index contributed by atoms with van der Waals surface area (Å²) in [6.07, 6.45) is 8.38. The zero-order valence-corrected chi connectivity index (χ0v) is 11.6. The first-order chi connectivity index (χ1) is 9.88. The van der Waals surface area contributed by atoms with Gasteiger partial charge in [-0.3, -0.25) is 4.99 Å². The molecule has 2 heterocycles. The first kappa shape index (κ1) is 11.6. The predicted octanol–water partition coefficient (Wildman–Crippen LogP) is 3.33. The van der Waals surface area contributed by atoms with Gasteiger partial charge in [-0.05, 0) is 18.6 Å². The Morgan fingerprint density at radius 3 is 3.10 bits per heavy atom. The van der Waals surface area contributed by atoms with Gasteiger partial charge in [0.25, 0.3) is 0 Å². The Morgan fingerprint density at radius 2 is 2.20 bits per heavy atom. The summed E-state index contributed by atoms with van der Waals surface area (Å²) in [5, 5.41) is 0. The van der Waals surface area contributed by atoms with Gasteiger partial charge in [0.15, 0.2) is 6.17 Å². The summed E-state index contributed by atoms with van der Waals surface area (Å²) in [5.41, 5.74) is 5.78. The van der Waals surface area contributed by atoms with Crippen molar-refractivity contribution in [1.29, 1.82) is 0 Å². The van der Waals surface area contributed by atoms with Crippen LogP contribution in [-0.2, 0) is 0 Å². The van der Waals surface area contributed by atoms with Gasteiger partial charge in [0.05, 0.1) is 17.1 Å². The molecule has 1 aliphatic carbocycles. The number of nitrogens with zero attached hydrogens (tertiary/aromatic N) is 3. The monoisotopic (exact) mass is 263 g/mol. The molecule has 20 heavy (non-hydrogen) atoms. The van der Waals surface area contributed by atoms with Gasteiger partial charge < -0.3 is 4.90 Å². The second kappa shape index (κ2) is 4.44. The van der Waals surface area contributed by atoms with Crippen LogP contribution >= 0.6 is 0 Å². The Morgan fingerprint density at radius 1 is 1.30 bits per heavy atom. The van der Waals surface area contributed by atoms with E-state index in [4.69, 9.17) is 9.98 Å². The smallest absolute Gasteiger partial charge is 0.165 e. The van der Waals surface area contributed by atoms with E-state index >= 15 is 0 Å². The van der Waals surface area contributed by atoms with Crippen LogP contribution in [0.5, 0.6) is 0 Å². The summed E-state index contributed by atoms with van der Waals surface area (Å²) in [4.78, 5) is 12.3. The maximum absolute atomic E-state index is 4.97. The minimum absolute atomic E-state index is 0.0750. The number of rotatable bonds is 2. The van der Waals surface area contributed by atoms with Crippen LogP contribution in [0.25, 0.3) is 0 Å². The molecule has 0 bridgehead atoms. The fourth-order valence-electron chi connectivity index (χ4n) is 3.13. The van der Waals surface area contributed by atoms with E-state index in [0.29, 0.717) is 0 Å². The Balaban J connectivity index is 1.87. The molecule has 0 radical (unpaired) electrons. The lowest BCUT2D eigenvalue weighted by Gasteiger charge is -2.27. The molecule has 0 spiro atoms. The molecule has 0 saturated heterocycles. The molecule has 0 saturated carbocycles. The average Bonchev–Trinajstić information content (AvgIpc) is 2.80. The fourth-order valence-corrected chi connectivity index (χ4v) is 3.13. The van der Waals surface area contributed by atoms with Gasteiger partial charge in [-0.15, -0.1) is 0 Å². The molecule has 0 amide bonds. The zero-order chi connectivity index (χ0) is 13.5. The van der Waals surface area contributed by atoms with Gasteiger partial charge in [0.2, 0.25) is 0 Å². The number of allylic oxidation sites excluding steroid dienone is 4. The zero-order valence-electron chi connectivity index (χ0n) is 11.6. The molecule has 1 unspecified atom stereocenters. The Kier molecular flexibility index (Phi) is 2.59. The highest BCUT2D eigenvalue weighted by Crippen LogP contribution is 2.36. The largest absolute Gasteiger partial charge is 0.344 e. The number of benzene rings is 1. The molecule has 0 fully saturated rings. The highest BCUT2D eigenvalue weighted by molar-refractivity contribution is 6.19. The highest BCUT2D eigenvalue weighted by Gasteiger charge is 2.37. The van der Waals surface area contributed by atoms with E-state index in [2.05, 4.69) is 54.3 Å². The normalized spacial score (nSPS) is 22.6. The topological polar surface area (TPSA) is 28.0 Å². The fraction of sp³-hybridized carbons (Fsp3) is 0.294. The molecule has 4 rings (SSSR count). The lowest BCUT2D eigenvalue weighted by molar-refractivity contribution is 0.729. The summed E-state index contributed by atoms with van der Waals surface area (Å²) in [7, 11) is 0. The lowest BCUT2D eigenvalue weighted by atomic mass is 10.0. The molecule has 3 aliphatic rings. The number of fused-ring (bicyclic) bond motifs is 4. The maximum Gasteiger partial charge on any atom is 0.165 e. The van der Waals surface area contributed by atoms with Crippen LogP contribution in [0.15, 0.2) is 58.2 Å². The number of aliphatic imine (C=N–C) groups is 2. The minimum atomic E-state index is 0.0750. The van der Waals surface area contributed by atoms with E-state index in [-0.39, 0.29) is 6.17 Å². The molecule has 1 atom stereocenters. The summed E-state index contributed by atoms with van der Waals surface area (Å²) in [6.45, 7) is 3.23. The summed E-state index contributed by atoms with van der Waals surface area (Å²) >= 11 is 0. The minimum Gasteiger partial charge on any atom is -0.344 e. The third-order valence-corrected chi connectivity index (χ3v) is 4.01. The second-order valence-electron chi connectivity index (χ2n) is 5.34. The van der Waals surface area contributed by atoms with Gasteiger partial charge in [-0.25, -0.2) is 4.99 Å². The quantitative estimate of drug-likeness (QED) is 0.804. The molecule has 0 N–H and O–H groups in total. The van der Waals surface area contributed by atoms with E-state index in [9.17, 15) is 0 Å².